The fourth-order valence-electron chi connectivity index (χ4n) is 2.55. The van der Waals surface area contributed by atoms with Gasteiger partial charge in [0.25, 0.3) is 0 Å². The summed E-state index contributed by atoms with van der Waals surface area (Å²) in [7, 11) is 3.99. The lowest BCUT2D eigenvalue weighted by Gasteiger charge is -2.13. The molecule has 28 heavy (non-hydrogen) atoms. The zero-order chi connectivity index (χ0) is 19.9. The number of anilines is 4. The zero-order valence-electron chi connectivity index (χ0n) is 16.2. The van der Waals surface area contributed by atoms with E-state index >= 15 is 0 Å². The third-order valence-electron chi connectivity index (χ3n) is 3.99. The number of H-pyrrole nitrogens is 1. The largest absolute Gasteiger partial charge is 0.492 e. The second-order valence-corrected chi connectivity index (χ2v) is 6.43. The van der Waals surface area contributed by atoms with E-state index in [-0.39, 0.29) is 0 Å². The van der Waals surface area contributed by atoms with E-state index in [1.807, 2.05) is 56.3 Å². The Morgan fingerprint density at radius 1 is 1.14 bits per heavy atom. The quantitative estimate of drug-likeness (QED) is 0.518. The van der Waals surface area contributed by atoms with Crippen LogP contribution in [0.5, 0.6) is 5.75 Å². The first-order chi connectivity index (χ1) is 13.5. The van der Waals surface area contributed by atoms with Gasteiger partial charge in [-0.15, -0.1) is 0 Å². The summed E-state index contributed by atoms with van der Waals surface area (Å²) >= 11 is 0. The number of benzene rings is 1. The molecule has 1 aromatic carbocycles. The van der Waals surface area contributed by atoms with Gasteiger partial charge in [-0.25, -0.2) is 4.98 Å². The minimum absolute atomic E-state index is 0.448. The van der Waals surface area contributed by atoms with Gasteiger partial charge >= 0.3 is 0 Å². The van der Waals surface area contributed by atoms with Crippen molar-refractivity contribution in [2.24, 2.45) is 0 Å². The molecule has 144 valence electrons. The second kappa shape index (κ2) is 8.77. The van der Waals surface area contributed by atoms with Crippen LogP contribution in [-0.4, -0.2) is 42.4 Å². The van der Waals surface area contributed by atoms with E-state index < -0.39 is 0 Å². The standard InChI is InChI=1S/C20H23N7O/c1-14-12-19(26-25-14)23-18-9-4-15(13-21)20(24-18)22-10-11-28-17-7-5-16(6-8-17)27(2)3/h4-9,12H,10-11H2,1-3H3,(H3,22,23,24,25,26). The van der Waals surface area contributed by atoms with Crippen molar-refractivity contribution >= 4 is 23.1 Å². The molecule has 0 saturated heterocycles. The van der Waals surface area contributed by atoms with Crippen LogP contribution in [-0.2, 0) is 0 Å². The average molecular weight is 377 g/mol. The molecule has 3 N–H and O–H groups in total. The lowest BCUT2D eigenvalue weighted by atomic mass is 10.2. The molecule has 3 aromatic rings. The highest BCUT2D eigenvalue weighted by atomic mass is 16.5. The summed E-state index contributed by atoms with van der Waals surface area (Å²) in [5, 5.41) is 22.6. The van der Waals surface area contributed by atoms with Gasteiger partial charge in [0.05, 0.1) is 12.1 Å². The number of nitrogens with one attached hydrogen (secondary N) is 3. The summed E-state index contributed by atoms with van der Waals surface area (Å²) in [4.78, 5) is 6.50. The van der Waals surface area contributed by atoms with Crippen LogP contribution in [0, 0.1) is 18.3 Å². The van der Waals surface area contributed by atoms with Crippen LogP contribution in [0.4, 0.5) is 23.1 Å². The number of aromatic nitrogens is 3. The summed E-state index contributed by atoms with van der Waals surface area (Å²) in [6.45, 7) is 2.89. The van der Waals surface area contributed by atoms with Gasteiger partial charge in [-0.05, 0) is 43.3 Å². The predicted molar refractivity (Wildman–Crippen MR) is 110 cm³/mol. The molecule has 2 aromatic heterocycles. The van der Waals surface area contributed by atoms with Gasteiger partial charge in [-0.3, -0.25) is 5.10 Å². The number of pyridine rings is 1. The van der Waals surface area contributed by atoms with E-state index in [1.165, 1.54) is 0 Å². The van der Waals surface area contributed by atoms with Gasteiger partial charge in [-0.2, -0.15) is 10.4 Å². The van der Waals surface area contributed by atoms with Crippen molar-refractivity contribution in [3.8, 4) is 11.8 Å². The molecule has 8 heteroatoms. The summed E-state index contributed by atoms with van der Waals surface area (Å²) in [6.07, 6.45) is 0. The normalized spacial score (nSPS) is 10.2. The van der Waals surface area contributed by atoms with Gasteiger partial charge in [0.15, 0.2) is 5.82 Å². The fraction of sp³-hybridized carbons (Fsp3) is 0.250. The number of rotatable bonds is 8. The number of hydrogen-bond acceptors (Lipinski definition) is 7. The molecule has 0 fully saturated rings. The predicted octanol–water partition coefficient (Wildman–Crippen LogP) is 3.29. The zero-order valence-corrected chi connectivity index (χ0v) is 16.2. The Labute approximate surface area is 164 Å². The molecule has 2 heterocycles. The molecule has 0 saturated carbocycles. The van der Waals surface area contributed by atoms with Gasteiger partial charge in [-0.1, -0.05) is 0 Å². The number of nitriles is 1. The van der Waals surface area contributed by atoms with Gasteiger partial charge in [0, 0.05) is 31.5 Å². The first kappa shape index (κ1) is 19.0. The van der Waals surface area contributed by atoms with Crippen LogP contribution in [0.25, 0.3) is 0 Å². The Balaban J connectivity index is 1.56. The molecule has 0 bridgehead atoms. The summed E-state index contributed by atoms with van der Waals surface area (Å²) < 4.78 is 5.74. The van der Waals surface area contributed by atoms with Gasteiger partial charge in [0.1, 0.15) is 30.1 Å². The van der Waals surface area contributed by atoms with Crippen molar-refractivity contribution in [2.45, 2.75) is 6.92 Å². The number of aromatic amines is 1. The molecule has 8 nitrogen and oxygen atoms in total. The number of hydrogen-bond donors (Lipinski definition) is 3. The maximum Gasteiger partial charge on any atom is 0.153 e. The lowest BCUT2D eigenvalue weighted by Crippen LogP contribution is -2.14. The second-order valence-electron chi connectivity index (χ2n) is 6.43. The van der Waals surface area contributed by atoms with E-state index in [2.05, 4.69) is 31.9 Å². The Kier molecular flexibility index (Phi) is 5.97. The van der Waals surface area contributed by atoms with Crippen LogP contribution < -0.4 is 20.3 Å². The topological polar surface area (TPSA) is 102 Å². The molecular formula is C20H23N7O. The number of aryl methyl sites for hydroxylation is 1. The molecular weight excluding hydrogens is 354 g/mol. The monoisotopic (exact) mass is 377 g/mol. The molecule has 3 rings (SSSR count). The maximum atomic E-state index is 9.30. The third-order valence-corrected chi connectivity index (χ3v) is 3.99. The molecule has 0 amide bonds. The summed E-state index contributed by atoms with van der Waals surface area (Å²) in [5.74, 6) is 2.58. The Bertz CT molecular complexity index is 957. The highest BCUT2D eigenvalue weighted by Gasteiger charge is 2.07. The minimum atomic E-state index is 0.448. The van der Waals surface area contributed by atoms with E-state index in [1.54, 1.807) is 12.1 Å². The van der Waals surface area contributed by atoms with Crippen LogP contribution >= 0.6 is 0 Å². The van der Waals surface area contributed by atoms with E-state index in [9.17, 15) is 5.26 Å². The highest BCUT2D eigenvalue weighted by molar-refractivity contribution is 5.60. The van der Waals surface area contributed by atoms with E-state index in [0.717, 1.165) is 17.1 Å². The van der Waals surface area contributed by atoms with Crippen molar-refractivity contribution in [1.29, 1.82) is 5.26 Å². The van der Waals surface area contributed by atoms with Crippen molar-refractivity contribution in [3.05, 3.63) is 53.7 Å². The smallest absolute Gasteiger partial charge is 0.153 e. The number of ether oxygens (including phenoxy) is 1. The van der Waals surface area contributed by atoms with Crippen molar-refractivity contribution < 1.29 is 4.74 Å². The fourth-order valence-corrected chi connectivity index (χ4v) is 2.55. The molecule has 0 atom stereocenters. The van der Waals surface area contributed by atoms with E-state index in [0.29, 0.717) is 36.2 Å². The summed E-state index contributed by atoms with van der Waals surface area (Å²) in [5.41, 5.74) is 2.54. The van der Waals surface area contributed by atoms with E-state index in [4.69, 9.17) is 4.74 Å². The third kappa shape index (κ3) is 4.92. The first-order valence-corrected chi connectivity index (χ1v) is 8.89. The molecule has 0 aliphatic carbocycles. The van der Waals surface area contributed by atoms with Crippen molar-refractivity contribution in [1.82, 2.24) is 15.2 Å². The molecule has 0 unspecified atom stereocenters. The SMILES string of the molecule is Cc1cc(Nc2ccc(C#N)c(NCCOc3ccc(N(C)C)cc3)n2)n[nH]1. The Hall–Kier alpha value is -3.73. The van der Waals surface area contributed by atoms with Gasteiger partial charge in [0.2, 0.25) is 0 Å². The lowest BCUT2D eigenvalue weighted by molar-refractivity contribution is 0.333. The Morgan fingerprint density at radius 3 is 2.57 bits per heavy atom. The first-order valence-electron chi connectivity index (χ1n) is 8.89. The minimum Gasteiger partial charge on any atom is -0.492 e. The molecule has 0 radical (unpaired) electrons. The highest BCUT2D eigenvalue weighted by Crippen LogP contribution is 2.19. The van der Waals surface area contributed by atoms with Crippen LogP contribution in [0.3, 0.4) is 0 Å². The van der Waals surface area contributed by atoms with Crippen LogP contribution in [0.2, 0.25) is 0 Å². The molecule has 0 spiro atoms. The van der Waals surface area contributed by atoms with Crippen molar-refractivity contribution in [2.75, 3.05) is 42.8 Å². The average Bonchev–Trinajstić information content (AvgIpc) is 3.10. The molecule has 0 aliphatic heterocycles. The van der Waals surface area contributed by atoms with Crippen LogP contribution in [0.1, 0.15) is 11.3 Å². The summed E-state index contributed by atoms with van der Waals surface area (Å²) in [6, 6.07) is 15.4. The van der Waals surface area contributed by atoms with Crippen LogP contribution in [0.15, 0.2) is 42.5 Å². The van der Waals surface area contributed by atoms with Gasteiger partial charge < -0.3 is 20.3 Å². The molecule has 0 aliphatic rings. The number of nitrogens with zero attached hydrogens (tertiary/aromatic N) is 4. The maximum absolute atomic E-state index is 9.30. The van der Waals surface area contributed by atoms with Crippen molar-refractivity contribution in [3.63, 3.8) is 0 Å². The Morgan fingerprint density at radius 2 is 1.93 bits per heavy atom.